The molecule has 4 rings (SSSR count). The number of benzene rings is 1. The normalized spacial score (nSPS) is 13.8. The van der Waals surface area contributed by atoms with Crippen molar-refractivity contribution in [1.29, 1.82) is 0 Å². The van der Waals surface area contributed by atoms with E-state index < -0.39 is 0 Å². The molecule has 0 saturated carbocycles. The third-order valence-electron chi connectivity index (χ3n) is 5.63. The Labute approximate surface area is 186 Å². The number of amides is 2. The number of anilines is 1. The number of hydrogen-bond donors (Lipinski definition) is 2. The van der Waals surface area contributed by atoms with Gasteiger partial charge in [-0.25, -0.2) is 9.97 Å². The maximum Gasteiger partial charge on any atom is 0.255 e. The molecule has 0 radical (unpaired) electrons. The van der Waals surface area contributed by atoms with E-state index in [0.717, 1.165) is 16.9 Å². The monoisotopic (exact) mass is 434 g/mol. The second kappa shape index (κ2) is 9.09. The first-order chi connectivity index (χ1) is 15.5. The van der Waals surface area contributed by atoms with E-state index in [1.807, 2.05) is 25.1 Å². The Morgan fingerprint density at radius 1 is 1.28 bits per heavy atom. The van der Waals surface area contributed by atoms with Crippen LogP contribution in [0.15, 0.2) is 43.2 Å². The number of carbonyl (C=O) groups is 2. The van der Waals surface area contributed by atoms with Crippen LogP contribution in [-0.4, -0.2) is 65.0 Å². The number of nitrogens with one attached hydrogen (secondary N) is 2. The predicted molar refractivity (Wildman–Crippen MR) is 122 cm³/mol. The van der Waals surface area contributed by atoms with Crippen molar-refractivity contribution < 1.29 is 14.3 Å². The van der Waals surface area contributed by atoms with Gasteiger partial charge in [0.15, 0.2) is 5.65 Å². The number of ether oxygens (including phenoxy) is 1. The van der Waals surface area contributed by atoms with E-state index in [1.165, 1.54) is 6.08 Å². The highest BCUT2D eigenvalue weighted by Crippen LogP contribution is 2.21. The zero-order valence-electron chi connectivity index (χ0n) is 18.2. The summed E-state index contributed by atoms with van der Waals surface area (Å²) in [6.45, 7) is 8.34. The molecule has 0 spiro atoms. The number of aromatic nitrogens is 3. The summed E-state index contributed by atoms with van der Waals surface area (Å²) >= 11 is 0. The fourth-order valence-electron chi connectivity index (χ4n) is 3.74. The number of piperazine rings is 1. The fourth-order valence-corrected chi connectivity index (χ4v) is 3.74. The summed E-state index contributed by atoms with van der Waals surface area (Å²) in [6, 6.07) is 5.84. The van der Waals surface area contributed by atoms with Crippen LogP contribution in [0.4, 0.5) is 5.82 Å². The number of carbonyl (C=O) groups excluding carboxylic acids is 2. The van der Waals surface area contributed by atoms with Crippen LogP contribution in [0.5, 0.6) is 5.75 Å². The molecule has 3 heterocycles. The molecular formula is C23H26N6O3. The quantitative estimate of drug-likeness (QED) is 0.576. The Hall–Kier alpha value is -3.88. The smallest absolute Gasteiger partial charge is 0.255 e. The van der Waals surface area contributed by atoms with E-state index >= 15 is 0 Å². The number of rotatable bonds is 6. The number of aromatic amines is 1. The summed E-state index contributed by atoms with van der Waals surface area (Å²) in [5, 5.41) is 2.94. The number of methoxy groups -OCH3 is 1. The van der Waals surface area contributed by atoms with Crippen molar-refractivity contribution in [1.82, 2.24) is 25.2 Å². The fraction of sp³-hybridized carbons (Fsp3) is 0.304. The Balaban J connectivity index is 1.47. The number of aryl methyl sites for hydroxylation is 1. The molecule has 0 unspecified atom stereocenters. The SMILES string of the molecule is C=CC(=O)N1CCN(c2cnc3[nH]cc(C(=O)NCc4ccc(C)c(OC)c4)c3n2)CC1. The van der Waals surface area contributed by atoms with Crippen LogP contribution in [0.2, 0.25) is 0 Å². The van der Waals surface area contributed by atoms with Crippen LogP contribution in [0.3, 0.4) is 0 Å². The highest BCUT2D eigenvalue weighted by atomic mass is 16.5. The van der Waals surface area contributed by atoms with Crippen molar-refractivity contribution in [3.8, 4) is 5.75 Å². The summed E-state index contributed by atoms with van der Waals surface area (Å²) in [5.41, 5.74) is 3.49. The van der Waals surface area contributed by atoms with E-state index in [1.54, 1.807) is 24.4 Å². The van der Waals surface area contributed by atoms with Crippen LogP contribution in [0, 0.1) is 6.92 Å². The van der Waals surface area contributed by atoms with Crippen molar-refractivity contribution >= 4 is 28.8 Å². The van der Waals surface area contributed by atoms with Crippen molar-refractivity contribution in [3.05, 3.63) is 59.9 Å². The molecule has 2 amide bonds. The van der Waals surface area contributed by atoms with E-state index in [-0.39, 0.29) is 11.8 Å². The second-order valence-electron chi connectivity index (χ2n) is 7.63. The molecule has 0 atom stereocenters. The molecule has 9 heteroatoms. The Morgan fingerprint density at radius 3 is 2.78 bits per heavy atom. The highest BCUT2D eigenvalue weighted by molar-refractivity contribution is 6.04. The number of fused-ring (bicyclic) bond motifs is 1. The van der Waals surface area contributed by atoms with Gasteiger partial charge in [0.25, 0.3) is 5.91 Å². The summed E-state index contributed by atoms with van der Waals surface area (Å²) in [6.07, 6.45) is 4.64. The number of nitrogens with zero attached hydrogens (tertiary/aromatic N) is 4. The van der Waals surface area contributed by atoms with Gasteiger partial charge in [0.2, 0.25) is 5.91 Å². The standard InChI is InChI=1S/C23H26N6O3/c1-4-20(30)29-9-7-28(8-10-29)19-14-25-22-21(27-19)17(13-24-22)23(31)26-12-16-6-5-15(2)18(11-16)32-3/h4-6,11,13-14H,1,7-10,12H2,2-3H3,(H,24,25)(H,26,31). The van der Waals surface area contributed by atoms with E-state index in [4.69, 9.17) is 9.72 Å². The first-order valence-electron chi connectivity index (χ1n) is 10.4. The van der Waals surface area contributed by atoms with Gasteiger partial charge in [0.05, 0.1) is 18.9 Å². The highest BCUT2D eigenvalue weighted by Gasteiger charge is 2.22. The number of hydrogen-bond acceptors (Lipinski definition) is 6. The molecule has 1 saturated heterocycles. The van der Waals surface area contributed by atoms with Gasteiger partial charge in [-0.1, -0.05) is 18.7 Å². The van der Waals surface area contributed by atoms with Crippen LogP contribution in [0.1, 0.15) is 21.5 Å². The molecule has 2 N–H and O–H groups in total. The maximum absolute atomic E-state index is 12.9. The zero-order valence-corrected chi connectivity index (χ0v) is 18.2. The van der Waals surface area contributed by atoms with E-state index in [9.17, 15) is 9.59 Å². The molecule has 0 aliphatic carbocycles. The van der Waals surface area contributed by atoms with Crippen LogP contribution < -0.4 is 15.0 Å². The summed E-state index contributed by atoms with van der Waals surface area (Å²) in [7, 11) is 1.63. The first kappa shape index (κ1) is 21.4. The lowest BCUT2D eigenvalue weighted by Crippen LogP contribution is -2.48. The lowest BCUT2D eigenvalue weighted by Gasteiger charge is -2.34. The average Bonchev–Trinajstić information content (AvgIpc) is 3.26. The minimum absolute atomic E-state index is 0.0676. The van der Waals surface area contributed by atoms with Gasteiger partial charge < -0.3 is 24.8 Å². The molecular weight excluding hydrogens is 408 g/mol. The first-order valence-corrected chi connectivity index (χ1v) is 10.4. The summed E-state index contributed by atoms with van der Waals surface area (Å²) in [5.74, 6) is 1.17. The molecule has 2 aromatic heterocycles. The molecule has 1 aromatic carbocycles. The molecule has 9 nitrogen and oxygen atoms in total. The van der Waals surface area contributed by atoms with Gasteiger partial charge in [-0.2, -0.15) is 0 Å². The molecule has 3 aromatic rings. The third-order valence-corrected chi connectivity index (χ3v) is 5.63. The molecule has 32 heavy (non-hydrogen) atoms. The average molecular weight is 435 g/mol. The Kier molecular flexibility index (Phi) is 6.07. The van der Waals surface area contributed by atoms with Crippen molar-refractivity contribution in [2.45, 2.75) is 13.5 Å². The molecule has 0 bridgehead atoms. The lowest BCUT2D eigenvalue weighted by molar-refractivity contribution is -0.126. The van der Waals surface area contributed by atoms with Gasteiger partial charge in [-0.05, 0) is 30.2 Å². The Morgan fingerprint density at radius 2 is 2.06 bits per heavy atom. The Bertz CT molecular complexity index is 1160. The largest absolute Gasteiger partial charge is 0.496 e. The van der Waals surface area contributed by atoms with Gasteiger partial charge in [0.1, 0.15) is 17.1 Å². The van der Waals surface area contributed by atoms with E-state index in [2.05, 4.69) is 26.8 Å². The summed E-state index contributed by atoms with van der Waals surface area (Å²) in [4.78, 5) is 40.6. The van der Waals surface area contributed by atoms with Gasteiger partial charge in [0, 0.05) is 38.9 Å². The topological polar surface area (TPSA) is 103 Å². The molecule has 1 aliphatic rings. The van der Waals surface area contributed by atoms with E-state index in [0.29, 0.717) is 55.3 Å². The third kappa shape index (κ3) is 4.27. The maximum atomic E-state index is 12.9. The van der Waals surface area contributed by atoms with Gasteiger partial charge in [-0.15, -0.1) is 0 Å². The predicted octanol–water partition coefficient (Wildman–Crippen LogP) is 2.04. The van der Waals surface area contributed by atoms with Crippen molar-refractivity contribution in [2.75, 3.05) is 38.2 Å². The van der Waals surface area contributed by atoms with Crippen LogP contribution in [-0.2, 0) is 11.3 Å². The van der Waals surface area contributed by atoms with Crippen LogP contribution in [0.25, 0.3) is 11.2 Å². The summed E-state index contributed by atoms with van der Waals surface area (Å²) < 4.78 is 5.35. The van der Waals surface area contributed by atoms with Crippen molar-refractivity contribution in [2.24, 2.45) is 0 Å². The molecule has 166 valence electrons. The molecule has 1 aliphatic heterocycles. The lowest BCUT2D eigenvalue weighted by atomic mass is 10.1. The minimum Gasteiger partial charge on any atom is -0.496 e. The van der Waals surface area contributed by atoms with Crippen molar-refractivity contribution in [3.63, 3.8) is 0 Å². The van der Waals surface area contributed by atoms with Gasteiger partial charge >= 0.3 is 0 Å². The minimum atomic E-state index is -0.233. The zero-order chi connectivity index (χ0) is 22.7. The number of H-pyrrole nitrogens is 1. The van der Waals surface area contributed by atoms with Gasteiger partial charge in [-0.3, -0.25) is 9.59 Å². The van der Waals surface area contributed by atoms with Crippen LogP contribution >= 0.6 is 0 Å². The second-order valence-corrected chi connectivity index (χ2v) is 7.63. The molecule has 1 fully saturated rings.